The topological polar surface area (TPSA) is 65.2 Å². The van der Waals surface area contributed by atoms with Crippen molar-refractivity contribution >= 4 is 11.8 Å². The fraction of sp³-hybridized carbons (Fsp3) is 0.400. The number of rotatable bonds is 0. The maximum Gasteiger partial charge on any atom is 0.340 e. The molecule has 0 spiro atoms. The zero-order chi connectivity index (χ0) is 10.1. The van der Waals surface area contributed by atoms with Crippen LogP contribution in [-0.4, -0.2) is 17.1 Å². The molecule has 1 aliphatic rings. The quantitative estimate of drug-likeness (QED) is 0.626. The fourth-order valence-corrected chi connectivity index (χ4v) is 1.54. The number of anilines is 1. The van der Waals surface area contributed by atoms with Crippen molar-refractivity contribution in [3.05, 3.63) is 23.4 Å². The third kappa shape index (κ3) is 1.55. The zero-order valence-electron chi connectivity index (χ0n) is 7.99. The van der Waals surface area contributed by atoms with Crippen LogP contribution in [0.3, 0.4) is 0 Å². The Morgan fingerprint density at radius 3 is 3.14 bits per heavy atom. The third-order valence-corrected chi connectivity index (χ3v) is 2.31. The van der Waals surface area contributed by atoms with Gasteiger partial charge in [0.25, 0.3) is 0 Å². The van der Waals surface area contributed by atoms with Crippen molar-refractivity contribution in [2.24, 2.45) is 0 Å². The Morgan fingerprint density at radius 1 is 1.57 bits per heavy atom. The molecule has 1 unspecified atom stereocenters. The van der Waals surface area contributed by atoms with Crippen LogP contribution >= 0.6 is 0 Å². The summed E-state index contributed by atoms with van der Waals surface area (Å²) in [4.78, 5) is 15.7. The van der Waals surface area contributed by atoms with E-state index in [9.17, 15) is 4.79 Å². The largest absolute Gasteiger partial charge is 0.459 e. The summed E-state index contributed by atoms with van der Waals surface area (Å²) in [7, 11) is 0. The van der Waals surface area contributed by atoms with Crippen LogP contribution in [0.1, 0.15) is 29.4 Å². The van der Waals surface area contributed by atoms with Gasteiger partial charge in [0, 0.05) is 0 Å². The number of aromatic nitrogens is 1. The molecule has 0 aromatic carbocycles. The van der Waals surface area contributed by atoms with Gasteiger partial charge >= 0.3 is 5.97 Å². The predicted octanol–water partition coefficient (Wildman–Crippen LogP) is 1.16. The maximum absolute atomic E-state index is 11.5. The molecule has 2 heterocycles. The summed E-state index contributed by atoms with van der Waals surface area (Å²) in [6.07, 6.45) is 1.50. The molecule has 2 N–H and O–H groups in total. The minimum Gasteiger partial charge on any atom is -0.459 e. The number of nitrogens with two attached hydrogens (primary N) is 1. The molecule has 4 nitrogen and oxygen atoms in total. The van der Waals surface area contributed by atoms with Gasteiger partial charge in [-0.15, -0.1) is 0 Å². The third-order valence-electron chi connectivity index (χ3n) is 2.31. The number of ether oxygens (including phenoxy) is 1. The standard InChI is InChI=1S/C10H12N2O2/c1-6-2-4-8-7(10(13)14-6)3-5-9(11)12-8/h3,5-6H,2,4H2,1H3,(H2,11,12). The van der Waals surface area contributed by atoms with E-state index < -0.39 is 0 Å². The summed E-state index contributed by atoms with van der Waals surface area (Å²) in [6.45, 7) is 1.88. The first-order chi connectivity index (χ1) is 6.66. The van der Waals surface area contributed by atoms with E-state index in [4.69, 9.17) is 10.5 Å². The monoisotopic (exact) mass is 192 g/mol. The average Bonchev–Trinajstić information content (AvgIpc) is 2.26. The van der Waals surface area contributed by atoms with Crippen LogP contribution in [0.5, 0.6) is 0 Å². The SMILES string of the molecule is CC1CCc2nc(N)ccc2C(=O)O1. The number of carbonyl (C=O) groups is 1. The Balaban J connectivity index is 2.43. The average molecular weight is 192 g/mol. The lowest BCUT2D eigenvalue weighted by Crippen LogP contribution is -2.12. The number of aryl methyl sites for hydroxylation is 1. The first kappa shape index (κ1) is 8.99. The number of esters is 1. The van der Waals surface area contributed by atoms with Gasteiger partial charge in [0.1, 0.15) is 5.82 Å². The summed E-state index contributed by atoms with van der Waals surface area (Å²) in [5.41, 5.74) is 6.84. The minimum absolute atomic E-state index is 0.0436. The van der Waals surface area contributed by atoms with Gasteiger partial charge in [-0.1, -0.05) is 0 Å². The second-order valence-electron chi connectivity index (χ2n) is 3.48. The molecule has 0 bridgehead atoms. The Hall–Kier alpha value is -1.58. The van der Waals surface area contributed by atoms with Crippen molar-refractivity contribution in [1.29, 1.82) is 0 Å². The molecule has 0 aliphatic carbocycles. The first-order valence-corrected chi connectivity index (χ1v) is 4.63. The van der Waals surface area contributed by atoms with Gasteiger partial charge in [-0.05, 0) is 31.9 Å². The lowest BCUT2D eigenvalue weighted by molar-refractivity contribution is 0.0344. The smallest absolute Gasteiger partial charge is 0.340 e. The second-order valence-corrected chi connectivity index (χ2v) is 3.48. The Labute approximate surface area is 82.1 Å². The molecular formula is C10H12N2O2. The molecule has 0 saturated carbocycles. The van der Waals surface area contributed by atoms with Crippen molar-refractivity contribution in [1.82, 2.24) is 4.98 Å². The normalized spacial score (nSPS) is 20.9. The number of hydrogen-bond donors (Lipinski definition) is 1. The fourth-order valence-electron chi connectivity index (χ4n) is 1.54. The van der Waals surface area contributed by atoms with Crippen molar-refractivity contribution in [3.63, 3.8) is 0 Å². The second kappa shape index (κ2) is 3.29. The van der Waals surface area contributed by atoms with E-state index >= 15 is 0 Å². The lowest BCUT2D eigenvalue weighted by atomic mass is 10.1. The predicted molar refractivity (Wildman–Crippen MR) is 51.8 cm³/mol. The molecule has 2 rings (SSSR count). The van der Waals surface area contributed by atoms with Crippen LogP contribution in [0.4, 0.5) is 5.82 Å². The molecule has 1 aromatic rings. The van der Waals surface area contributed by atoms with Crippen LogP contribution in [-0.2, 0) is 11.2 Å². The molecule has 14 heavy (non-hydrogen) atoms. The van der Waals surface area contributed by atoms with Crippen LogP contribution in [0, 0.1) is 0 Å². The number of hydrogen-bond acceptors (Lipinski definition) is 4. The molecule has 74 valence electrons. The number of cyclic esters (lactones) is 1. The summed E-state index contributed by atoms with van der Waals surface area (Å²) in [6, 6.07) is 3.30. The van der Waals surface area contributed by atoms with Gasteiger partial charge in [0.15, 0.2) is 0 Å². The number of nitrogens with zero attached hydrogens (tertiary/aromatic N) is 1. The maximum atomic E-state index is 11.5. The summed E-state index contributed by atoms with van der Waals surface area (Å²) in [5.74, 6) is 0.156. The van der Waals surface area contributed by atoms with E-state index in [1.807, 2.05) is 6.92 Å². The number of fused-ring (bicyclic) bond motifs is 1. The Kier molecular flexibility index (Phi) is 2.11. The van der Waals surface area contributed by atoms with E-state index in [0.717, 1.165) is 18.5 Å². The molecule has 0 radical (unpaired) electrons. The molecule has 1 atom stereocenters. The van der Waals surface area contributed by atoms with Gasteiger partial charge in [-0.3, -0.25) is 0 Å². The highest BCUT2D eigenvalue weighted by molar-refractivity contribution is 5.91. The Bertz CT molecular complexity index is 376. The van der Waals surface area contributed by atoms with Gasteiger partial charge in [-0.2, -0.15) is 0 Å². The van der Waals surface area contributed by atoms with Crippen molar-refractivity contribution < 1.29 is 9.53 Å². The van der Waals surface area contributed by atoms with Crippen LogP contribution in [0.25, 0.3) is 0 Å². The van der Waals surface area contributed by atoms with Crippen LogP contribution in [0.2, 0.25) is 0 Å². The molecule has 1 aliphatic heterocycles. The first-order valence-electron chi connectivity index (χ1n) is 4.63. The van der Waals surface area contributed by atoms with E-state index in [0.29, 0.717) is 11.4 Å². The zero-order valence-corrected chi connectivity index (χ0v) is 7.99. The minimum atomic E-state index is -0.294. The molecule has 4 heteroatoms. The van der Waals surface area contributed by atoms with Crippen LogP contribution < -0.4 is 5.73 Å². The molecule has 0 fully saturated rings. The summed E-state index contributed by atoms with van der Waals surface area (Å²) in [5, 5.41) is 0. The van der Waals surface area contributed by atoms with Gasteiger partial charge in [0.05, 0.1) is 17.4 Å². The molecule has 0 saturated heterocycles. The highest BCUT2D eigenvalue weighted by Crippen LogP contribution is 2.19. The summed E-state index contributed by atoms with van der Waals surface area (Å²) < 4.78 is 5.16. The number of carbonyl (C=O) groups excluding carboxylic acids is 1. The van der Waals surface area contributed by atoms with Gasteiger partial charge in [-0.25, -0.2) is 9.78 Å². The summed E-state index contributed by atoms with van der Waals surface area (Å²) >= 11 is 0. The lowest BCUT2D eigenvalue weighted by Gasteiger charge is -2.07. The highest BCUT2D eigenvalue weighted by Gasteiger charge is 2.21. The number of pyridine rings is 1. The van der Waals surface area contributed by atoms with E-state index in [1.165, 1.54) is 0 Å². The van der Waals surface area contributed by atoms with E-state index in [1.54, 1.807) is 12.1 Å². The molecule has 0 amide bonds. The van der Waals surface area contributed by atoms with Crippen molar-refractivity contribution in [2.75, 3.05) is 5.73 Å². The van der Waals surface area contributed by atoms with Crippen LogP contribution in [0.15, 0.2) is 12.1 Å². The van der Waals surface area contributed by atoms with E-state index in [-0.39, 0.29) is 12.1 Å². The highest BCUT2D eigenvalue weighted by atomic mass is 16.5. The molecular weight excluding hydrogens is 180 g/mol. The Morgan fingerprint density at radius 2 is 2.36 bits per heavy atom. The van der Waals surface area contributed by atoms with Crippen molar-refractivity contribution in [2.45, 2.75) is 25.9 Å². The number of nitrogen functional groups attached to an aromatic ring is 1. The van der Waals surface area contributed by atoms with Gasteiger partial charge < -0.3 is 10.5 Å². The van der Waals surface area contributed by atoms with Gasteiger partial charge in [0.2, 0.25) is 0 Å². The molecule has 1 aromatic heterocycles. The van der Waals surface area contributed by atoms with Crippen molar-refractivity contribution in [3.8, 4) is 0 Å². The van der Waals surface area contributed by atoms with E-state index in [2.05, 4.69) is 4.98 Å².